The number of carboxylic acids is 1. The zero-order valence-electron chi connectivity index (χ0n) is 19.4. The van der Waals surface area contributed by atoms with Crippen LogP contribution in [0.5, 0.6) is 0 Å². The van der Waals surface area contributed by atoms with Gasteiger partial charge in [-0.1, -0.05) is 48.5 Å². The van der Waals surface area contributed by atoms with Crippen molar-refractivity contribution in [3.8, 4) is 11.1 Å². The largest absolute Gasteiger partial charge is 0.479 e. The van der Waals surface area contributed by atoms with Crippen molar-refractivity contribution in [2.24, 2.45) is 5.92 Å². The van der Waals surface area contributed by atoms with Crippen LogP contribution in [0.1, 0.15) is 42.7 Å². The number of carbonyl (C=O) groups is 3. The Morgan fingerprint density at radius 1 is 1.09 bits per heavy atom. The zero-order chi connectivity index (χ0) is 24.2. The van der Waals surface area contributed by atoms with E-state index >= 15 is 0 Å². The highest BCUT2D eigenvalue weighted by Crippen LogP contribution is 2.55. The van der Waals surface area contributed by atoms with Gasteiger partial charge in [0, 0.05) is 25.5 Å². The molecule has 3 fully saturated rings. The molecule has 6 rings (SSSR count). The first-order valence-corrected chi connectivity index (χ1v) is 12.2. The summed E-state index contributed by atoms with van der Waals surface area (Å²) in [5, 5.41) is 12.7. The lowest BCUT2D eigenvalue weighted by atomic mass is 9.92. The van der Waals surface area contributed by atoms with Crippen molar-refractivity contribution >= 4 is 18.0 Å². The number of aliphatic carboxylic acids is 1. The summed E-state index contributed by atoms with van der Waals surface area (Å²) in [5.41, 5.74) is 2.02. The van der Waals surface area contributed by atoms with Gasteiger partial charge in [0.25, 0.3) is 5.91 Å². The molecule has 0 bridgehead atoms. The molecule has 1 saturated carbocycles. The second-order valence-electron chi connectivity index (χ2n) is 10.1. The molecular formula is C27H28N2O6. The van der Waals surface area contributed by atoms with E-state index in [1.807, 2.05) is 36.4 Å². The third-order valence-corrected chi connectivity index (χ3v) is 8.22. The Morgan fingerprint density at radius 3 is 2.40 bits per heavy atom. The molecule has 35 heavy (non-hydrogen) atoms. The number of likely N-dealkylation sites (tertiary alicyclic amines) is 1. The lowest BCUT2D eigenvalue weighted by molar-refractivity contribution is -0.157. The van der Waals surface area contributed by atoms with Crippen LogP contribution in [0.4, 0.5) is 4.79 Å². The Morgan fingerprint density at radius 2 is 1.77 bits per heavy atom. The van der Waals surface area contributed by atoms with Gasteiger partial charge in [-0.15, -0.1) is 0 Å². The third kappa shape index (κ3) is 3.34. The molecule has 2 amide bonds. The molecule has 0 radical (unpaired) electrons. The molecule has 0 spiro atoms. The summed E-state index contributed by atoms with van der Waals surface area (Å²) >= 11 is 0. The highest BCUT2D eigenvalue weighted by Gasteiger charge is 2.68. The van der Waals surface area contributed by atoms with Crippen LogP contribution in [0.25, 0.3) is 11.1 Å². The maximum Gasteiger partial charge on any atom is 0.408 e. The first kappa shape index (κ1) is 22.1. The number of benzene rings is 2. The number of amides is 2. The van der Waals surface area contributed by atoms with Crippen molar-refractivity contribution < 1.29 is 29.0 Å². The lowest BCUT2D eigenvalue weighted by Gasteiger charge is -2.39. The number of ether oxygens (including phenoxy) is 2. The fourth-order valence-electron chi connectivity index (χ4n) is 6.32. The van der Waals surface area contributed by atoms with Crippen LogP contribution in [0.3, 0.4) is 0 Å². The number of nitrogens with one attached hydrogen (secondary N) is 1. The molecule has 2 heterocycles. The number of hydrogen-bond acceptors (Lipinski definition) is 5. The van der Waals surface area contributed by atoms with Crippen molar-refractivity contribution in [2.45, 2.75) is 42.7 Å². The summed E-state index contributed by atoms with van der Waals surface area (Å²) in [7, 11) is 0. The van der Waals surface area contributed by atoms with E-state index in [4.69, 9.17) is 9.47 Å². The van der Waals surface area contributed by atoms with Gasteiger partial charge in [0.2, 0.25) is 0 Å². The highest BCUT2D eigenvalue weighted by atomic mass is 16.6. The number of alkyl carbamates (subject to hydrolysis) is 1. The number of rotatable bonds is 5. The molecule has 2 N–H and O–H groups in total. The molecule has 8 heteroatoms. The molecule has 4 aliphatic rings. The Labute approximate surface area is 203 Å². The first-order chi connectivity index (χ1) is 17.0. The van der Waals surface area contributed by atoms with Gasteiger partial charge in [-0.3, -0.25) is 4.79 Å². The maximum absolute atomic E-state index is 13.7. The van der Waals surface area contributed by atoms with Crippen LogP contribution in [-0.4, -0.2) is 65.4 Å². The van der Waals surface area contributed by atoms with Crippen molar-refractivity contribution in [3.05, 3.63) is 59.7 Å². The standard InChI is InChI=1S/C27H28N2O6/c30-23(29-12-5-6-17-14-27(17,29)24(31)32)26(11-13-34-16-26)28-25(33)35-15-22-20-9-3-1-7-18(20)19-8-2-4-10-21(19)22/h1-4,7-10,17,22H,5-6,11-16H2,(H,28,33)(H,31,32). The van der Waals surface area contributed by atoms with Gasteiger partial charge in [0.15, 0.2) is 0 Å². The van der Waals surface area contributed by atoms with E-state index in [0.717, 1.165) is 35.1 Å². The third-order valence-electron chi connectivity index (χ3n) is 8.22. The van der Waals surface area contributed by atoms with Gasteiger partial charge in [-0.25, -0.2) is 9.59 Å². The minimum atomic E-state index is -1.31. The second kappa shape index (κ2) is 8.09. The summed E-state index contributed by atoms with van der Waals surface area (Å²) < 4.78 is 11.2. The van der Waals surface area contributed by atoms with Crippen molar-refractivity contribution in [3.63, 3.8) is 0 Å². The predicted octanol–water partition coefficient (Wildman–Crippen LogP) is 3.15. The fourth-order valence-corrected chi connectivity index (χ4v) is 6.32. The summed E-state index contributed by atoms with van der Waals surface area (Å²) in [5.74, 6) is -1.46. The van der Waals surface area contributed by atoms with Gasteiger partial charge in [-0.05, 0) is 47.4 Å². The number of carboxylic acid groups (broad SMARTS) is 1. The smallest absolute Gasteiger partial charge is 0.408 e. The highest BCUT2D eigenvalue weighted by molar-refractivity contribution is 5.96. The van der Waals surface area contributed by atoms with Crippen LogP contribution in [0.2, 0.25) is 0 Å². The van der Waals surface area contributed by atoms with E-state index in [0.29, 0.717) is 19.6 Å². The van der Waals surface area contributed by atoms with E-state index in [1.165, 1.54) is 4.90 Å². The van der Waals surface area contributed by atoms with Crippen LogP contribution in [0, 0.1) is 5.92 Å². The van der Waals surface area contributed by atoms with E-state index in [2.05, 4.69) is 17.4 Å². The number of nitrogens with zero attached hydrogens (tertiary/aromatic N) is 1. The van der Waals surface area contributed by atoms with E-state index in [9.17, 15) is 19.5 Å². The van der Waals surface area contributed by atoms with Crippen LogP contribution >= 0.6 is 0 Å². The predicted molar refractivity (Wildman–Crippen MR) is 126 cm³/mol. The molecular weight excluding hydrogens is 448 g/mol. The van der Waals surface area contributed by atoms with Gasteiger partial charge < -0.3 is 24.8 Å². The normalized spacial score (nSPS) is 28.6. The van der Waals surface area contributed by atoms with Gasteiger partial charge >= 0.3 is 12.1 Å². The average Bonchev–Trinajstić information content (AvgIpc) is 3.32. The van der Waals surface area contributed by atoms with Crippen molar-refractivity contribution in [1.29, 1.82) is 0 Å². The maximum atomic E-state index is 13.7. The summed E-state index contributed by atoms with van der Waals surface area (Å²) in [4.78, 5) is 40.3. The minimum absolute atomic E-state index is 0.00684. The Kier molecular flexibility index (Phi) is 5.11. The number of fused-ring (bicyclic) bond motifs is 4. The van der Waals surface area contributed by atoms with Gasteiger partial charge in [0.1, 0.15) is 17.7 Å². The molecule has 8 nitrogen and oxygen atoms in total. The van der Waals surface area contributed by atoms with E-state index in [-0.39, 0.29) is 37.4 Å². The molecule has 2 aromatic carbocycles. The fraction of sp³-hybridized carbons (Fsp3) is 0.444. The van der Waals surface area contributed by atoms with Crippen LogP contribution < -0.4 is 5.32 Å². The number of hydrogen-bond donors (Lipinski definition) is 2. The molecule has 2 aliphatic carbocycles. The molecule has 182 valence electrons. The summed E-state index contributed by atoms with van der Waals surface area (Å²) in [6.07, 6.45) is 1.62. The van der Waals surface area contributed by atoms with Gasteiger partial charge in [0.05, 0.1) is 6.61 Å². The zero-order valence-corrected chi connectivity index (χ0v) is 19.4. The monoisotopic (exact) mass is 476 g/mol. The van der Waals surface area contributed by atoms with Crippen molar-refractivity contribution in [1.82, 2.24) is 10.2 Å². The molecule has 0 aromatic heterocycles. The summed E-state index contributed by atoms with van der Waals surface area (Å²) in [6.45, 7) is 0.825. The van der Waals surface area contributed by atoms with Crippen LogP contribution in [-0.2, 0) is 19.1 Å². The molecule has 2 aromatic rings. The Balaban J connectivity index is 1.19. The SMILES string of the molecule is O=C(NC1(C(=O)N2CCCC3CC32C(=O)O)CCOC1)OCC1c2ccccc2-c2ccccc21. The topological polar surface area (TPSA) is 105 Å². The van der Waals surface area contributed by atoms with Crippen LogP contribution in [0.15, 0.2) is 48.5 Å². The quantitative estimate of drug-likeness (QED) is 0.687. The number of carbonyl (C=O) groups excluding carboxylic acids is 2. The lowest BCUT2D eigenvalue weighted by Crippen LogP contribution is -2.65. The summed E-state index contributed by atoms with van der Waals surface area (Å²) in [6, 6.07) is 16.2. The average molecular weight is 477 g/mol. The molecule has 3 atom stereocenters. The first-order valence-electron chi connectivity index (χ1n) is 12.2. The van der Waals surface area contributed by atoms with Crippen molar-refractivity contribution in [2.75, 3.05) is 26.4 Å². The minimum Gasteiger partial charge on any atom is -0.479 e. The second-order valence-corrected chi connectivity index (χ2v) is 10.1. The number of piperidine rings is 1. The molecule has 3 unspecified atom stereocenters. The molecule has 2 saturated heterocycles. The molecule has 2 aliphatic heterocycles. The Bertz CT molecular complexity index is 1160. The van der Waals surface area contributed by atoms with Gasteiger partial charge in [-0.2, -0.15) is 0 Å². The van der Waals surface area contributed by atoms with E-state index in [1.54, 1.807) is 0 Å². The Hall–Kier alpha value is -3.39. The van der Waals surface area contributed by atoms with E-state index < -0.39 is 23.1 Å².